The molecule has 0 aliphatic heterocycles. The van der Waals surface area contributed by atoms with E-state index in [2.05, 4.69) is 11.6 Å². The summed E-state index contributed by atoms with van der Waals surface area (Å²) in [6, 6.07) is 2.95. The molecule has 6 heteroatoms. The Hall–Kier alpha value is -0.910. The number of sulfonamides is 1. The standard InChI is InChI=1S/C9H11ClN2O2S/c1-3-7-12(2)15(13,14)8-5-4-6-11-9(8)10/h3-6H,1,7H2,2H3. The molecule has 0 saturated heterocycles. The number of nitrogens with zero attached hydrogens (tertiary/aromatic N) is 2. The maximum Gasteiger partial charge on any atom is 0.246 e. The van der Waals surface area contributed by atoms with E-state index in [-0.39, 0.29) is 16.6 Å². The van der Waals surface area contributed by atoms with Gasteiger partial charge in [-0.25, -0.2) is 13.4 Å². The molecule has 0 spiro atoms. The smallest absolute Gasteiger partial charge is 0.243 e. The lowest BCUT2D eigenvalue weighted by molar-refractivity contribution is 0.499. The van der Waals surface area contributed by atoms with Crippen LogP contribution in [0.4, 0.5) is 0 Å². The van der Waals surface area contributed by atoms with Crippen molar-refractivity contribution in [3.8, 4) is 0 Å². The third-order valence-corrected chi connectivity index (χ3v) is 4.07. The summed E-state index contributed by atoms with van der Waals surface area (Å²) in [7, 11) is -2.11. The van der Waals surface area contributed by atoms with Crippen LogP contribution >= 0.6 is 11.6 Å². The molecule has 0 amide bonds. The number of hydrogen-bond acceptors (Lipinski definition) is 3. The van der Waals surface area contributed by atoms with E-state index in [1.54, 1.807) is 0 Å². The van der Waals surface area contributed by atoms with Gasteiger partial charge in [0.2, 0.25) is 10.0 Å². The van der Waals surface area contributed by atoms with Crippen molar-refractivity contribution in [1.82, 2.24) is 9.29 Å². The summed E-state index contributed by atoms with van der Waals surface area (Å²) in [5.41, 5.74) is 0. The Labute approximate surface area is 94.2 Å². The number of aromatic nitrogens is 1. The highest BCUT2D eigenvalue weighted by Gasteiger charge is 2.22. The van der Waals surface area contributed by atoms with E-state index in [0.717, 1.165) is 4.31 Å². The average Bonchev–Trinajstić information content (AvgIpc) is 2.18. The van der Waals surface area contributed by atoms with Gasteiger partial charge in [0.1, 0.15) is 10.0 Å². The van der Waals surface area contributed by atoms with E-state index in [1.807, 2.05) is 0 Å². The molecule has 0 N–H and O–H groups in total. The molecule has 0 radical (unpaired) electrons. The van der Waals surface area contributed by atoms with Crippen molar-refractivity contribution in [2.45, 2.75) is 4.90 Å². The van der Waals surface area contributed by atoms with Crippen molar-refractivity contribution in [1.29, 1.82) is 0 Å². The molecule has 1 heterocycles. The fourth-order valence-electron chi connectivity index (χ4n) is 1.01. The summed E-state index contributed by atoms with van der Waals surface area (Å²) < 4.78 is 24.9. The number of halogens is 1. The van der Waals surface area contributed by atoms with Gasteiger partial charge in [-0.3, -0.25) is 0 Å². The first-order valence-corrected chi connectivity index (χ1v) is 5.99. The summed E-state index contributed by atoms with van der Waals surface area (Å²) in [4.78, 5) is 3.73. The van der Waals surface area contributed by atoms with Gasteiger partial charge < -0.3 is 0 Å². The van der Waals surface area contributed by atoms with Gasteiger partial charge in [-0.15, -0.1) is 6.58 Å². The third kappa shape index (κ3) is 2.56. The van der Waals surface area contributed by atoms with E-state index in [4.69, 9.17) is 11.6 Å². The Bertz CT molecular complexity index is 459. The Kier molecular flexibility index (Phi) is 3.84. The zero-order valence-corrected chi connectivity index (χ0v) is 9.79. The number of likely N-dealkylation sites (N-methyl/N-ethyl adjacent to an activating group) is 1. The van der Waals surface area contributed by atoms with Crippen LogP contribution in [-0.2, 0) is 10.0 Å². The fraction of sp³-hybridized carbons (Fsp3) is 0.222. The van der Waals surface area contributed by atoms with Crippen LogP contribution in [0.1, 0.15) is 0 Å². The van der Waals surface area contributed by atoms with Crippen LogP contribution in [0.2, 0.25) is 5.15 Å². The lowest BCUT2D eigenvalue weighted by Crippen LogP contribution is -2.27. The van der Waals surface area contributed by atoms with Gasteiger partial charge in [0.25, 0.3) is 0 Å². The number of hydrogen-bond donors (Lipinski definition) is 0. The van der Waals surface area contributed by atoms with E-state index in [1.165, 1.54) is 31.5 Å². The molecule has 0 bridgehead atoms. The fourth-order valence-corrected chi connectivity index (χ4v) is 2.58. The minimum absolute atomic E-state index is 0.0102. The first kappa shape index (κ1) is 12.2. The zero-order valence-electron chi connectivity index (χ0n) is 8.22. The van der Waals surface area contributed by atoms with Crippen LogP contribution in [0.3, 0.4) is 0 Å². The summed E-state index contributed by atoms with van der Waals surface area (Å²) in [5.74, 6) is 0. The first-order valence-electron chi connectivity index (χ1n) is 4.18. The molecule has 1 rings (SSSR count). The predicted molar refractivity (Wildman–Crippen MR) is 59.3 cm³/mol. The molecule has 0 atom stereocenters. The SMILES string of the molecule is C=CCN(C)S(=O)(=O)c1cccnc1Cl. The van der Waals surface area contributed by atoms with Crippen molar-refractivity contribution in [3.05, 3.63) is 36.1 Å². The van der Waals surface area contributed by atoms with Crippen molar-refractivity contribution in [2.24, 2.45) is 0 Å². The molecule has 1 aromatic heterocycles. The molecule has 1 aromatic rings. The monoisotopic (exact) mass is 246 g/mol. The second-order valence-corrected chi connectivity index (χ2v) is 5.24. The summed E-state index contributed by atoms with van der Waals surface area (Å²) in [5, 5.41) is -0.0200. The van der Waals surface area contributed by atoms with Gasteiger partial charge in [-0.05, 0) is 12.1 Å². The molecule has 0 aliphatic rings. The van der Waals surface area contributed by atoms with Gasteiger partial charge in [-0.1, -0.05) is 17.7 Å². The maximum absolute atomic E-state index is 11.9. The second-order valence-electron chi connectivity index (χ2n) is 2.87. The Morgan fingerprint density at radius 2 is 2.33 bits per heavy atom. The molecular formula is C9H11ClN2O2S. The van der Waals surface area contributed by atoms with Crippen molar-refractivity contribution in [3.63, 3.8) is 0 Å². The van der Waals surface area contributed by atoms with Gasteiger partial charge in [-0.2, -0.15) is 4.31 Å². The molecule has 4 nitrogen and oxygen atoms in total. The molecule has 82 valence electrons. The minimum Gasteiger partial charge on any atom is -0.243 e. The van der Waals surface area contributed by atoms with E-state index < -0.39 is 10.0 Å². The number of pyridine rings is 1. The Morgan fingerprint density at radius 1 is 1.67 bits per heavy atom. The van der Waals surface area contributed by atoms with Gasteiger partial charge >= 0.3 is 0 Å². The predicted octanol–water partition coefficient (Wildman–Crippen LogP) is 1.54. The highest BCUT2D eigenvalue weighted by molar-refractivity contribution is 7.89. The van der Waals surface area contributed by atoms with Gasteiger partial charge in [0.05, 0.1) is 0 Å². The largest absolute Gasteiger partial charge is 0.246 e. The lowest BCUT2D eigenvalue weighted by atomic mass is 10.5. The van der Waals surface area contributed by atoms with Crippen molar-refractivity contribution < 1.29 is 8.42 Å². The number of rotatable bonds is 4. The highest BCUT2D eigenvalue weighted by atomic mass is 35.5. The molecule has 0 fully saturated rings. The summed E-state index contributed by atoms with van der Waals surface area (Å²) in [6.45, 7) is 3.71. The van der Waals surface area contributed by atoms with Crippen LogP contribution in [0.15, 0.2) is 35.9 Å². The highest BCUT2D eigenvalue weighted by Crippen LogP contribution is 2.20. The van der Waals surface area contributed by atoms with Crippen LogP contribution < -0.4 is 0 Å². The molecule has 0 unspecified atom stereocenters. The quantitative estimate of drug-likeness (QED) is 0.598. The van der Waals surface area contributed by atoms with Gasteiger partial charge in [0.15, 0.2) is 0 Å². The average molecular weight is 247 g/mol. The van der Waals surface area contributed by atoms with Gasteiger partial charge in [0, 0.05) is 19.8 Å². The molecule has 0 saturated carbocycles. The minimum atomic E-state index is -3.56. The molecule has 0 aliphatic carbocycles. The Balaban J connectivity index is 3.17. The second kappa shape index (κ2) is 4.74. The third-order valence-electron chi connectivity index (χ3n) is 1.80. The molecule has 0 aromatic carbocycles. The summed E-state index contributed by atoms with van der Waals surface area (Å²) in [6.07, 6.45) is 2.94. The maximum atomic E-state index is 11.9. The van der Waals surface area contributed by atoms with E-state index in [9.17, 15) is 8.42 Å². The summed E-state index contributed by atoms with van der Waals surface area (Å²) >= 11 is 5.71. The lowest BCUT2D eigenvalue weighted by Gasteiger charge is -2.15. The van der Waals surface area contributed by atoms with Crippen molar-refractivity contribution >= 4 is 21.6 Å². The first-order chi connectivity index (χ1) is 7.00. The molecule has 15 heavy (non-hydrogen) atoms. The van der Waals surface area contributed by atoms with Crippen molar-refractivity contribution in [2.75, 3.05) is 13.6 Å². The zero-order chi connectivity index (χ0) is 11.5. The topological polar surface area (TPSA) is 50.3 Å². The Morgan fingerprint density at radius 3 is 2.87 bits per heavy atom. The van der Waals surface area contributed by atoms with Crippen LogP contribution in [-0.4, -0.2) is 31.3 Å². The van der Waals surface area contributed by atoms with E-state index in [0.29, 0.717) is 0 Å². The van der Waals surface area contributed by atoms with Crippen LogP contribution in [0.5, 0.6) is 0 Å². The van der Waals surface area contributed by atoms with Crippen LogP contribution in [0.25, 0.3) is 0 Å². The van der Waals surface area contributed by atoms with Crippen LogP contribution in [0, 0.1) is 0 Å². The molecular weight excluding hydrogens is 236 g/mol. The van der Waals surface area contributed by atoms with E-state index >= 15 is 0 Å². The normalized spacial score (nSPS) is 11.7.